The number of aromatic nitrogens is 2. The number of morpholine rings is 1. The number of rotatable bonds is 6. The molecule has 2 heterocycles. The maximum atomic E-state index is 13.1. The van der Waals surface area contributed by atoms with Gasteiger partial charge in [-0.15, -0.1) is 0 Å². The number of carbonyl (C=O) groups excluding carboxylic acids is 1. The molecule has 0 radical (unpaired) electrons. The summed E-state index contributed by atoms with van der Waals surface area (Å²) in [7, 11) is -2.48. The highest BCUT2D eigenvalue weighted by Crippen LogP contribution is 2.29. The van der Waals surface area contributed by atoms with E-state index in [4.69, 9.17) is 14.0 Å². The number of carbonyl (C=O) groups is 1. The van der Waals surface area contributed by atoms with E-state index in [-0.39, 0.29) is 22.5 Å². The van der Waals surface area contributed by atoms with Gasteiger partial charge in [0.05, 0.1) is 30.9 Å². The minimum Gasteiger partial charge on any atom is -0.495 e. The standard InChI is InChI=1S/C21H22N4O6S/c1-14-7-8-15(19-22-20(31-23-19)21(26)25-9-11-30-12-10-25)13-18(14)32(27,28)24-16-5-3-4-6-17(16)29-2/h3-8,13,24H,9-12H2,1-2H3. The van der Waals surface area contributed by atoms with Crippen LogP contribution in [0.25, 0.3) is 11.4 Å². The average molecular weight is 458 g/mol. The zero-order chi connectivity index (χ0) is 22.7. The van der Waals surface area contributed by atoms with Gasteiger partial charge >= 0.3 is 11.8 Å². The summed E-state index contributed by atoms with van der Waals surface area (Å²) in [6.07, 6.45) is 0. The summed E-state index contributed by atoms with van der Waals surface area (Å²) < 4.78 is 44.3. The van der Waals surface area contributed by atoms with E-state index < -0.39 is 10.0 Å². The predicted molar refractivity (Wildman–Crippen MR) is 115 cm³/mol. The molecule has 2 aromatic carbocycles. The van der Waals surface area contributed by atoms with Gasteiger partial charge in [0.1, 0.15) is 5.75 Å². The van der Waals surface area contributed by atoms with Crippen LogP contribution in [0.5, 0.6) is 5.75 Å². The molecule has 3 aromatic rings. The molecular weight excluding hydrogens is 436 g/mol. The molecule has 10 nitrogen and oxygen atoms in total. The molecule has 0 saturated carbocycles. The van der Waals surface area contributed by atoms with Crippen molar-refractivity contribution in [1.82, 2.24) is 15.0 Å². The van der Waals surface area contributed by atoms with Gasteiger partial charge in [-0.2, -0.15) is 4.98 Å². The van der Waals surface area contributed by atoms with Crippen molar-refractivity contribution in [3.05, 3.63) is 53.9 Å². The molecule has 1 amide bonds. The summed E-state index contributed by atoms with van der Waals surface area (Å²) in [6.45, 7) is 3.47. The number of benzene rings is 2. The zero-order valence-electron chi connectivity index (χ0n) is 17.6. The minimum absolute atomic E-state index is 0.0479. The van der Waals surface area contributed by atoms with E-state index in [1.807, 2.05) is 0 Å². The largest absolute Gasteiger partial charge is 0.495 e. The molecule has 1 aromatic heterocycles. The predicted octanol–water partition coefficient (Wildman–Crippen LogP) is 2.33. The highest BCUT2D eigenvalue weighted by molar-refractivity contribution is 7.92. The van der Waals surface area contributed by atoms with E-state index >= 15 is 0 Å². The SMILES string of the molecule is COc1ccccc1NS(=O)(=O)c1cc(-c2noc(C(=O)N3CCOCC3)n2)ccc1C. The number of anilines is 1. The Kier molecular flexibility index (Phi) is 6.10. The molecule has 0 aliphatic carbocycles. The number of amides is 1. The van der Waals surface area contributed by atoms with E-state index in [9.17, 15) is 13.2 Å². The summed E-state index contributed by atoms with van der Waals surface area (Å²) in [4.78, 5) is 18.3. The molecule has 1 aliphatic rings. The zero-order valence-corrected chi connectivity index (χ0v) is 18.4. The lowest BCUT2D eigenvalue weighted by Gasteiger charge is -2.25. The first-order valence-corrected chi connectivity index (χ1v) is 11.3. The van der Waals surface area contributed by atoms with Crippen molar-refractivity contribution in [2.24, 2.45) is 0 Å². The van der Waals surface area contributed by atoms with Crippen LogP contribution in [0.4, 0.5) is 5.69 Å². The van der Waals surface area contributed by atoms with Gasteiger partial charge in [-0.25, -0.2) is 8.42 Å². The van der Waals surface area contributed by atoms with Crippen molar-refractivity contribution in [3.8, 4) is 17.1 Å². The van der Waals surface area contributed by atoms with Crippen LogP contribution in [0.15, 0.2) is 51.9 Å². The number of sulfonamides is 1. The Morgan fingerprint density at radius 1 is 1.16 bits per heavy atom. The second-order valence-electron chi connectivity index (χ2n) is 7.11. The molecule has 0 bridgehead atoms. The maximum absolute atomic E-state index is 13.1. The highest BCUT2D eigenvalue weighted by atomic mass is 32.2. The smallest absolute Gasteiger partial charge is 0.316 e. The molecule has 168 valence electrons. The van der Waals surface area contributed by atoms with Crippen molar-refractivity contribution >= 4 is 21.6 Å². The van der Waals surface area contributed by atoms with Crippen LogP contribution in [-0.4, -0.2) is 62.8 Å². The number of hydrogen-bond donors (Lipinski definition) is 1. The van der Waals surface area contributed by atoms with E-state index in [1.54, 1.807) is 48.2 Å². The number of hydrogen-bond acceptors (Lipinski definition) is 8. The Labute approximate surface area is 185 Å². The number of methoxy groups -OCH3 is 1. The van der Waals surface area contributed by atoms with Crippen LogP contribution in [0, 0.1) is 6.92 Å². The Hall–Kier alpha value is -3.44. The van der Waals surface area contributed by atoms with E-state index in [0.717, 1.165) is 0 Å². The molecule has 0 atom stereocenters. The van der Waals surface area contributed by atoms with Gasteiger partial charge in [-0.3, -0.25) is 9.52 Å². The van der Waals surface area contributed by atoms with Crippen molar-refractivity contribution in [2.45, 2.75) is 11.8 Å². The van der Waals surface area contributed by atoms with Gasteiger partial charge in [0.25, 0.3) is 10.0 Å². The average Bonchev–Trinajstić information content (AvgIpc) is 3.30. The molecule has 1 N–H and O–H groups in total. The number of nitrogens with zero attached hydrogens (tertiary/aromatic N) is 3. The van der Waals surface area contributed by atoms with Gasteiger partial charge in [0, 0.05) is 18.7 Å². The lowest BCUT2D eigenvalue weighted by Crippen LogP contribution is -2.40. The molecule has 32 heavy (non-hydrogen) atoms. The molecule has 4 rings (SSSR count). The van der Waals surface area contributed by atoms with Gasteiger partial charge in [0.15, 0.2) is 0 Å². The van der Waals surface area contributed by atoms with E-state index in [0.29, 0.717) is 48.9 Å². The summed E-state index contributed by atoms with van der Waals surface area (Å²) in [5.41, 5.74) is 1.25. The Bertz CT molecular complexity index is 1230. The molecule has 1 saturated heterocycles. The Morgan fingerprint density at radius 3 is 2.66 bits per heavy atom. The fourth-order valence-corrected chi connectivity index (χ4v) is 4.63. The van der Waals surface area contributed by atoms with Gasteiger partial charge in [-0.1, -0.05) is 29.4 Å². The topological polar surface area (TPSA) is 124 Å². The second-order valence-corrected chi connectivity index (χ2v) is 8.76. The molecule has 0 unspecified atom stereocenters. The molecule has 11 heteroatoms. The third kappa shape index (κ3) is 4.43. The molecule has 0 spiro atoms. The summed E-state index contributed by atoms with van der Waals surface area (Å²) in [6, 6.07) is 11.5. The van der Waals surface area contributed by atoms with Gasteiger partial charge < -0.3 is 18.9 Å². The van der Waals surface area contributed by atoms with Crippen LogP contribution in [0.2, 0.25) is 0 Å². The monoisotopic (exact) mass is 458 g/mol. The number of para-hydroxylation sites is 2. The number of aryl methyl sites for hydroxylation is 1. The molecular formula is C21H22N4O6S. The Balaban J connectivity index is 1.62. The van der Waals surface area contributed by atoms with Crippen LogP contribution in [-0.2, 0) is 14.8 Å². The van der Waals surface area contributed by atoms with E-state index in [2.05, 4.69) is 14.9 Å². The summed E-state index contributed by atoms with van der Waals surface area (Å²) in [5, 5.41) is 3.87. The van der Waals surface area contributed by atoms with Crippen molar-refractivity contribution in [2.75, 3.05) is 38.1 Å². The van der Waals surface area contributed by atoms with Crippen LogP contribution in [0.1, 0.15) is 16.2 Å². The van der Waals surface area contributed by atoms with E-state index in [1.165, 1.54) is 13.2 Å². The lowest BCUT2D eigenvalue weighted by atomic mass is 10.1. The van der Waals surface area contributed by atoms with Crippen molar-refractivity contribution < 1.29 is 27.2 Å². The minimum atomic E-state index is -3.94. The van der Waals surface area contributed by atoms with Crippen LogP contribution >= 0.6 is 0 Å². The Morgan fingerprint density at radius 2 is 1.91 bits per heavy atom. The third-order valence-electron chi connectivity index (χ3n) is 4.99. The third-order valence-corrected chi connectivity index (χ3v) is 6.50. The molecule has 1 aliphatic heterocycles. The number of nitrogens with one attached hydrogen (secondary N) is 1. The first-order chi connectivity index (χ1) is 15.4. The maximum Gasteiger partial charge on any atom is 0.316 e. The second kappa shape index (κ2) is 8.97. The first kappa shape index (κ1) is 21.8. The fourth-order valence-electron chi connectivity index (χ4n) is 3.29. The van der Waals surface area contributed by atoms with Crippen LogP contribution in [0.3, 0.4) is 0 Å². The lowest BCUT2D eigenvalue weighted by molar-refractivity contribution is 0.0272. The molecule has 1 fully saturated rings. The van der Waals surface area contributed by atoms with Crippen LogP contribution < -0.4 is 9.46 Å². The first-order valence-electron chi connectivity index (χ1n) is 9.86. The van der Waals surface area contributed by atoms with Gasteiger partial charge in [0.2, 0.25) is 5.82 Å². The number of ether oxygens (including phenoxy) is 2. The van der Waals surface area contributed by atoms with Crippen molar-refractivity contribution in [3.63, 3.8) is 0 Å². The highest BCUT2D eigenvalue weighted by Gasteiger charge is 2.25. The van der Waals surface area contributed by atoms with Crippen molar-refractivity contribution in [1.29, 1.82) is 0 Å². The quantitative estimate of drug-likeness (QED) is 0.597. The fraction of sp³-hybridized carbons (Fsp3) is 0.286. The normalized spacial score (nSPS) is 14.2. The summed E-state index contributed by atoms with van der Waals surface area (Å²) in [5.74, 6) is -0.0199. The van der Waals surface area contributed by atoms with Gasteiger partial charge in [-0.05, 0) is 30.7 Å². The summed E-state index contributed by atoms with van der Waals surface area (Å²) >= 11 is 0.